The first kappa shape index (κ1) is 21.8. The number of anilines is 1. The first-order valence-corrected chi connectivity index (χ1v) is 10.1. The molecule has 2 heterocycles. The molecule has 2 aliphatic heterocycles. The fraction of sp³-hybridized carbons (Fsp3) is 0.500. The van der Waals surface area contributed by atoms with Gasteiger partial charge >= 0.3 is 5.97 Å². The van der Waals surface area contributed by atoms with Gasteiger partial charge in [-0.2, -0.15) is 0 Å². The summed E-state index contributed by atoms with van der Waals surface area (Å²) >= 11 is 0. The molecule has 2 N–H and O–H groups in total. The van der Waals surface area contributed by atoms with Crippen molar-refractivity contribution in [3.63, 3.8) is 0 Å². The van der Waals surface area contributed by atoms with E-state index in [1.165, 1.54) is 20.5 Å². The van der Waals surface area contributed by atoms with Gasteiger partial charge in [0.15, 0.2) is 5.60 Å². The van der Waals surface area contributed by atoms with E-state index in [-0.39, 0.29) is 37.1 Å². The highest BCUT2D eigenvalue weighted by Crippen LogP contribution is 2.39. The third-order valence-electron chi connectivity index (χ3n) is 6.10. The van der Waals surface area contributed by atoms with Gasteiger partial charge in [-0.25, -0.2) is 4.79 Å². The van der Waals surface area contributed by atoms with Crippen molar-refractivity contribution in [1.29, 1.82) is 0 Å². The number of aliphatic hydroxyl groups is 1. The number of likely N-dealkylation sites (tertiary alicyclic amines) is 1. The number of amides is 2. The van der Waals surface area contributed by atoms with Crippen LogP contribution in [0.3, 0.4) is 0 Å². The Morgan fingerprint density at radius 3 is 2.73 bits per heavy atom. The highest BCUT2D eigenvalue weighted by atomic mass is 16.5. The number of hydrogen-bond donors (Lipinski definition) is 2. The summed E-state index contributed by atoms with van der Waals surface area (Å²) in [6.45, 7) is 2.67. The van der Waals surface area contributed by atoms with Crippen LogP contribution in [-0.2, 0) is 29.5 Å². The van der Waals surface area contributed by atoms with E-state index in [1.807, 2.05) is 6.92 Å². The minimum absolute atomic E-state index is 0.0301. The number of esters is 1. The van der Waals surface area contributed by atoms with E-state index in [0.29, 0.717) is 23.4 Å². The number of carbonyl (C=O) groups is 3. The van der Waals surface area contributed by atoms with E-state index in [2.05, 4.69) is 5.32 Å². The third-order valence-corrected chi connectivity index (χ3v) is 6.10. The quantitative estimate of drug-likeness (QED) is 0.399. The predicted molar refractivity (Wildman–Crippen MR) is 109 cm³/mol. The van der Waals surface area contributed by atoms with Crippen LogP contribution >= 0.6 is 0 Å². The van der Waals surface area contributed by atoms with Crippen LogP contribution in [0.5, 0.6) is 0 Å². The maximum absolute atomic E-state index is 12.8. The molecule has 1 fully saturated rings. The van der Waals surface area contributed by atoms with Crippen molar-refractivity contribution in [3.05, 3.63) is 41.7 Å². The van der Waals surface area contributed by atoms with Crippen LogP contribution in [0.4, 0.5) is 5.69 Å². The first-order chi connectivity index (χ1) is 14.3. The summed E-state index contributed by atoms with van der Waals surface area (Å²) in [6.07, 6.45) is 2.34. The highest BCUT2D eigenvalue weighted by Gasteiger charge is 2.46. The van der Waals surface area contributed by atoms with Gasteiger partial charge in [0.25, 0.3) is 5.91 Å². The number of piperidine rings is 1. The number of fused-ring (bicyclic) bond motifs is 1. The molecule has 8 heteroatoms. The van der Waals surface area contributed by atoms with Crippen molar-refractivity contribution >= 4 is 23.5 Å². The Labute approximate surface area is 175 Å². The van der Waals surface area contributed by atoms with Crippen LogP contribution < -0.4 is 5.32 Å². The number of hydrogen-bond acceptors (Lipinski definition) is 6. The van der Waals surface area contributed by atoms with E-state index in [4.69, 9.17) is 9.47 Å². The van der Waals surface area contributed by atoms with Gasteiger partial charge in [-0.1, -0.05) is 31.5 Å². The molecule has 3 atom stereocenters. The summed E-state index contributed by atoms with van der Waals surface area (Å²) in [6, 6.07) is 7.02. The normalized spacial score (nSPS) is 26.3. The molecule has 162 valence electrons. The first-order valence-electron chi connectivity index (χ1n) is 10.1. The molecule has 0 unspecified atom stereocenters. The molecule has 2 aliphatic rings. The fourth-order valence-electron chi connectivity index (χ4n) is 4.37. The molecular formula is C22H28N2O6. The van der Waals surface area contributed by atoms with Gasteiger partial charge in [0.1, 0.15) is 0 Å². The number of benzene rings is 1. The summed E-state index contributed by atoms with van der Waals surface area (Å²) in [5, 5.41) is 13.7. The minimum atomic E-state index is -1.66. The number of rotatable bonds is 7. The number of methoxy groups -OCH3 is 2. The lowest BCUT2D eigenvalue weighted by atomic mass is 9.78. The number of carbonyl (C=O) groups excluding carboxylic acids is 3. The third kappa shape index (κ3) is 3.92. The molecule has 1 aromatic rings. The zero-order chi connectivity index (χ0) is 21.9. The minimum Gasteiger partial charge on any atom is -0.504 e. The Balaban J connectivity index is 1.74. The van der Waals surface area contributed by atoms with Gasteiger partial charge < -0.3 is 24.8 Å². The average molecular weight is 416 g/mol. The van der Waals surface area contributed by atoms with Crippen LogP contribution in [0.15, 0.2) is 36.1 Å². The van der Waals surface area contributed by atoms with Crippen molar-refractivity contribution in [1.82, 2.24) is 4.90 Å². The summed E-state index contributed by atoms with van der Waals surface area (Å²) < 4.78 is 9.90. The fourth-order valence-corrected chi connectivity index (χ4v) is 4.37. The summed E-state index contributed by atoms with van der Waals surface area (Å²) in [4.78, 5) is 39.1. The lowest BCUT2D eigenvalue weighted by molar-refractivity contribution is -0.143. The van der Waals surface area contributed by atoms with Crippen LogP contribution in [-0.4, -0.2) is 55.1 Å². The number of ether oxygens (including phenoxy) is 2. The second kappa shape index (κ2) is 8.87. The maximum Gasteiger partial charge on any atom is 0.337 e. The Hall–Kier alpha value is -2.87. The molecule has 0 bridgehead atoms. The van der Waals surface area contributed by atoms with Crippen molar-refractivity contribution in [3.8, 4) is 0 Å². The molecule has 30 heavy (non-hydrogen) atoms. The van der Waals surface area contributed by atoms with E-state index >= 15 is 0 Å². The van der Waals surface area contributed by atoms with Crippen molar-refractivity contribution in [2.24, 2.45) is 11.8 Å². The predicted octanol–water partition coefficient (Wildman–Crippen LogP) is 1.79. The van der Waals surface area contributed by atoms with Gasteiger partial charge in [-0.05, 0) is 12.0 Å². The second-order valence-corrected chi connectivity index (χ2v) is 7.73. The summed E-state index contributed by atoms with van der Waals surface area (Å²) in [5.41, 5.74) is -0.195. The van der Waals surface area contributed by atoms with Crippen molar-refractivity contribution in [2.75, 3.05) is 32.6 Å². The molecule has 0 spiro atoms. The molecule has 0 aliphatic carbocycles. The van der Waals surface area contributed by atoms with Crippen LogP contribution in [0.25, 0.3) is 0 Å². The molecule has 3 rings (SSSR count). The molecule has 1 saturated heterocycles. The lowest BCUT2D eigenvalue weighted by Crippen LogP contribution is -2.48. The highest BCUT2D eigenvalue weighted by molar-refractivity contribution is 6.04. The van der Waals surface area contributed by atoms with Crippen LogP contribution in [0.1, 0.15) is 31.7 Å². The Morgan fingerprint density at radius 1 is 1.33 bits per heavy atom. The molecule has 0 radical (unpaired) electrons. The molecule has 1 aromatic carbocycles. The topological polar surface area (TPSA) is 105 Å². The van der Waals surface area contributed by atoms with Gasteiger partial charge in [-0.3, -0.25) is 9.59 Å². The molecule has 0 saturated carbocycles. The Bertz CT molecular complexity index is 867. The second-order valence-electron chi connectivity index (χ2n) is 7.73. The van der Waals surface area contributed by atoms with E-state index in [0.717, 1.165) is 6.42 Å². The summed E-state index contributed by atoms with van der Waals surface area (Å²) in [5.74, 6) is -1.39. The number of nitrogens with one attached hydrogen (secondary N) is 1. The Morgan fingerprint density at radius 2 is 2.07 bits per heavy atom. The maximum atomic E-state index is 12.8. The van der Waals surface area contributed by atoms with Crippen LogP contribution in [0.2, 0.25) is 0 Å². The standard InChI is InChI=1S/C22H28N2O6/c1-4-14-12-24(19(25)11-15(14)16(13-29-2)20(26)30-3)10-9-22(28)17-7-5-6-8-18(17)23-21(22)27/h5-8,13-15,28H,4,9-12H2,1-3H3,(H,23,27)/t14-,15-,22+/m0/s1. The molecule has 2 amide bonds. The van der Waals surface area contributed by atoms with E-state index in [1.54, 1.807) is 29.2 Å². The SMILES string of the molecule is CC[C@H]1CN(CC[C@]2(O)C(=O)Nc3ccccc32)C(=O)C[C@@H]1C(=COC)C(=O)OC. The van der Waals surface area contributed by atoms with Crippen LogP contribution in [0, 0.1) is 11.8 Å². The largest absolute Gasteiger partial charge is 0.504 e. The smallest absolute Gasteiger partial charge is 0.337 e. The van der Waals surface area contributed by atoms with E-state index in [9.17, 15) is 19.5 Å². The molecule has 8 nitrogen and oxygen atoms in total. The zero-order valence-electron chi connectivity index (χ0n) is 17.5. The van der Waals surface area contributed by atoms with Gasteiger partial charge in [0, 0.05) is 43.1 Å². The Kier molecular flexibility index (Phi) is 6.45. The zero-order valence-corrected chi connectivity index (χ0v) is 17.5. The molecule has 0 aromatic heterocycles. The van der Waals surface area contributed by atoms with Crippen molar-refractivity contribution in [2.45, 2.75) is 31.8 Å². The lowest BCUT2D eigenvalue weighted by Gasteiger charge is -2.39. The van der Waals surface area contributed by atoms with Crippen molar-refractivity contribution < 1.29 is 29.0 Å². The number of para-hydroxylation sites is 1. The molecular weight excluding hydrogens is 388 g/mol. The van der Waals surface area contributed by atoms with Gasteiger partial charge in [0.2, 0.25) is 5.91 Å². The van der Waals surface area contributed by atoms with Gasteiger partial charge in [-0.15, -0.1) is 0 Å². The summed E-state index contributed by atoms with van der Waals surface area (Å²) in [7, 11) is 2.75. The van der Waals surface area contributed by atoms with Gasteiger partial charge in [0.05, 0.1) is 26.1 Å². The monoisotopic (exact) mass is 416 g/mol. The van der Waals surface area contributed by atoms with E-state index < -0.39 is 17.5 Å². The number of nitrogens with zero attached hydrogens (tertiary/aromatic N) is 1. The average Bonchev–Trinajstić information content (AvgIpc) is 3.01.